The van der Waals surface area contributed by atoms with Crippen LogP contribution >= 0.6 is 0 Å². The summed E-state index contributed by atoms with van der Waals surface area (Å²) < 4.78 is 10.9. The van der Waals surface area contributed by atoms with Crippen LogP contribution in [-0.4, -0.2) is 58.5 Å². The Hall–Kier alpha value is -1.79. The monoisotopic (exact) mass is 319 g/mol. The molecule has 2 heterocycles. The van der Waals surface area contributed by atoms with Gasteiger partial charge in [0.1, 0.15) is 0 Å². The zero-order valence-corrected chi connectivity index (χ0v) is 13.7. The highest BCUT2D eigenvalue weighted by Crippen LogP contribution is 2.32. The smallest absolute Gasteiger partial charge is 0.224 e. The summed E-state index contributed by atoms with van der Waals surface area (Å²) in [4.78, 5) is 16.4. The number of benzene rings is 1. The summed E-state index contributed by atoms with van der Waals surface area (Å²) in [6.45, 7) is 8.36. The van der Waals surface area contributed by atoms with E-state index in [-0.39, 0.29) is 5.91 Å². The van der Waals surface area contributed by atoms with Gasteiger partial charge in [-0.25, -0.2) is 0 Å². The predicted molar refractivity (Wildman–Crippen MR) is 91.4 cm³/mol. The zero-order valence-electron chi connectivity index (χ0n) is 13.7. The predicted octanol–water partition coefficient (Wildman–Crippen LogP) is 1.71. The van der Waals surface area contributed by atoms with Crippen molar-refractivity contribution in [3.8, 4) is 0 Å². The highest BCUT2D eigenvalue weighted by molar-refractivity contribution is 5.95. The fraction of sp³-hybridized carbons (Fsp3) is 0.588. The topological polar surface area (TPSA) is 54.0 Å². The van der Waals surface area contributed by atoms with Gasteiger partial charge in [-0.05, 0) is 18.2 Å². The summed E-state index contributed by atoms with van der Waals surface area (Å²) in [6.07, 6.45) is 0.480. The number of anilines is 3. The van der Waals surface area contributed by atoms with Gasteiger partial charge < -0.3 is 24.6 Å². The first kappa shape index (κ1) is 16.1. The molecule has 2 fully saturated rings. The van der Waals surface area contributed by atoms with Gasteiger partial charge in [-0.1, -0.05) is 6.92 Å². The molecule has 0 bridgehead atoms. The largest absolute Gasteiger partial charge is 0.378 e. The fourth-order valence-corrected chi connectivity index (χ4v) is 2.95. The molecule has 3 rings (SSSR count). The molecule has 2 saturated heterocycles. The summed E-state index contributed by atoms with van der Waals surface area (Å²) >= 11 is 0. The highest BCUT2D eigenvalue weighted by Gasteiger charge is 2.19. The summed E-state index contributed by atoms with van der Waals surface area (Å²) in [7, 11) is 0. The van der Waals surface area contributed by atoms with E-state index in [0.29, 0.717) is 6.42 Å². The van der Waals surface area contributed by atoms with Gasteiger partial charge in [0.2, 0.25) is 5.91 Å². The summed E-state index contributed by atoms with van der Waals surface area (Å²) in [5.74, 6) is 0.0404. The maximum atomic E-state index is 11.8. The summed E-state index contributed by atoms with van der Waals surface area (Å²) in [5, 5.41) is 3.02. The van der Waals surface area contributed by atoms with E-state index in [1.54, 1.807) is 0 Å². The highest BCUT2D eigenvalue weighted by atomic mass is 16.5. The van der Waals surface area contributed by atoms with E-state index in [1.807, 2.05) is 13.0 Å². The maximum Gasteiger partial charge on any atom is 0.224 e. The zero-order chi connectivity index (χ0) is 16.1. The number of ether oxygens (including phenoxy) is 2. The SMILES string of the molecule is CCC(=O)Nc1ccc(N2CCOCC2)cc1N1CCOCC1. The van der Waals surface area contributed by atoms with Gasteiger partial charge in [-0.2, -0.15) is 0 Å². The van der Waals surface area contributed by atoms with Crippen molar-refractivity contribution in [2.45, 2.75) is 13.3 Å². The minimum Gasteiger partial charge on any atom is -0.378 e. The van der Waals surface area contributed by atoms with Crippen LogP contribution in [-0.2, 0) is 14.3 Å². The van der Waals surface area contributed by atoms with Gasteiger partial charge in [-0.15, -0.1) is 0 Å². The quantitative estimate of drug-likeness (QED) is 0.915. The molecule has 126 valence electrons. The number of rotatable bonds is 4. The van der Waals surface area contributed by atoms with Crippen molar-refractivity contribution < 1.29 is 14.3 Å². The molecule has 2 aliphatic rings. The van der Waals surface area contributed by atoms with E-state index in [2.05, 4.69) is 27.2 Å². The summed E-state index contributed by atoms with van der Waals surface area (Å²) in [5.41, 5.74) is 3.15. The van der Waals surface area contributed by atoms with Gasteiger partial charge in [0.25, 0.3) is 0 Å². The van der Waals surface area contributed by atoms with Crippen LogP contribution in [0.25, 0.3) is 0 Å². The maximum absolute atomic E-state index is 11.8. The number of morpholine rings is 2. The molecule has 0 aromatic heterocycles. The number of hydrogen-bond acceptors (Lipinski definition) is 5. The van der Waals surface area contributed by atoms with E-state index in [1.165, 1.54) is 5.69 Å². The number of amides is 1. The van der Waals surface area contributed by atoms with Crippen molar-refractivity contribution >= 4 is 23.0 Å². The van der Waals surface area contributed by atoms with Gasteiger partial charge >= 0.3 is 0 Å². The van der Waals surface area contributed by atoms with Crippen molar-refractivity contribution in [1.29, 1.82) is 0 Å². The minimum atomic E-state index is 0.0404. The Morgan fingerprint density at radius 2 is 1.65 bits per heavy atom. The first-order valence-corrected chi connectivity index (χ1v) is 8.37. The molecule has 0 aliphatic carbocycles. The standard InChI is InChI=1S/C17H25N3O3/c1-2-17(21)18-15-4-3-14(19-5-9-22-10-6-19)13-16(15)20-7-11-23-12-8-20/h3-4,13H,2,5-12H2,1H3,(H,18,21). The normalized spacial score (nSPS) is 18.8. The average Bonchev–Trinajstić information content (AvgIpc) is 2.63. The molecule has 2 aliphatic heterocycles. The number of hydrogen-bond donors (Lipinski definition) is 1. The molecule has 0 atom stereocenters. The number of nitrogens with zero attached hydrogens (tertiary/aromatic N) is 2. The second-order valence-electron chi connectivity index (χ2n) is 5.80. The van der Waals surface area contributed by atoms with E-state index in [0.717, 1.165) is 64.0 Å². The third-order valence-corrected chi connectivity index (χ3v) is 4.30. The van der Waals surface area contributed by atoms with Gasteiger partial charge in [0.15, 0.2) is 0 Å². The Labute approximate surface area is 137 Å². The third-order valence-electron chi connectivity index (χ3n) is 4.30. The van der Waals surface area contributed by atoms with E-state index in [9.17, 15) is 4.79 Å². The van der Waals surface area contributed by atoms with Crippen LogP contribution in [0.15, 0.2) is 18.2 Å². The Morgan fingerprint density at radius 3 is 2.26 bits per heavy atom. The lowest BCUT2D eigenvalue weighted by molar-refractivity contribution is -0.115. The fourth-order valence-electron chi connectivity index (χ4n) is 2.95. The lowest BCUT2D eigenvalue weighted by Crippen LogP contribution is -2.38. The summed E-state index contributed by atoms with van der Waals surface area (Å²) in [6, 6.07) is 6.28. The molecule has 1 aromatic rings. The van der Waals surface area contributed by atoms with Gasteiger partial charge in [-0.3, -0.25) is 4.79 Å². The number of nitrogens with one attached hydrogen (secondary N) is 1. The van der Waals surface area contributed by atoms with E-state index in [4.69, 9.17) is 9.47 Å². The van der Waals surface area contributed by atoms with Gasteiger partial charge in [0.05, 0.1) is 37.8 Å². The van der Waals surface area contributed by atoms with Crippen molar-refractivity contribution in [2.75, 3.05) is 67.7 Å². The molecule has 0 saturated carbocycles. The third kappa shape index (κ3) is 3.95. The van der Waals surface area contributed by atoms with Crippen molar-refractivity contribution in [3.05, 3.63) is 18.2 Å². The molecule has 1 N–H and O–H groups in total. The molecule has 1 amide bonds. The lowest BCUT2D eigenvalue weighted by atomic mass is 10.1. The van der Waals surface area contributed by atoms with Gasteiger partial charge in [0, 0.05) is 38.3 Å². The van der Waals surface area contributed by atoms with Crippen LogP contribution in [0.2, 0.25) is 0 Å². The molecule has 0 radical (unpaired) electrons. The first-order chi connectivity index (χ1) is 11.3. The van der Waals surface area contributed by atoms with Crippen LogP contribution in [0.1, 0.15) is 13.3 Å². The van der Waals surface area contributed by atoms with E-state index >= 15 is 0 Å². The van der Waals surface area contributed by atoms with E-state index < -0.39 is 0 Å². The van der Waals surface area contributed by atoms with Crippen molar-refractivity contribution in [2.24, 2.45) is 0 Å². The minimum absolute atomic E-state index is 0.0404. The van der Waals surface area contributed by atoms with Crippen LogP contribution < -0.4 is 15.1 Å². The Morgan fingerprint density at radius 1 is 1.04 bits per heavy atom. The van der Waals surface area contributed by atoms with Crippen LogP contribution in [0.5, 0.6) is 0 Å². The van der Waals surface area contributed by atoms with Crippen LogP contribution in [0.3, 0.4) is 0 Å². The van der Waals surface area contributed by atoms with Crippen molar-refractivity contribution in [1.82, 2.24) is 0 Å². The molecule has 0 unspecified atom stereocenters. The molecule has 1 aromatic carbocycles. The molecule has 23 heavy (non-hydrogen) atoms. The van der Waals surface area contributed by atoms with Crippen LogP contribution in [0, 0.1) is 0 Å². The van der Waals surface area contributed by atoms with Crippen LogP contribution in [0.4, 0.5) is 17.1 Å². The molecule has 0 spiro atoms. The lowest BCUT2D eigenvalue weighted by Gasteiger charge is -2.33. The Kier molecular flexibility index (Phi) is 5.35. The number of carbonyl (C=O) groups is 1. The second kappa shape index (κ2) is 7.66. The molecular weight excluding hydrogens is 294 g/mol. The Balaban J connectivity index is 1.87. The van der Waals surface area contributed by atoms with Crippen molar-refractivity contribution in [3.63, 3.8) is 0 Å². The molecule has 6 nitrogen and oxygen atoms in total. The first-order valence-electron chi connectivity index (χ1n) is 8.37. The average molecular weight is 319 g/mol. The molecular formula is C17H25N3O3. The number of carbonyl (C=O) groups excluding carboxylic acids is 1. The molecule has 6 heteroatoms. The second-order valence-corrected chi connectivity index (χ2v) is 5.80. The Bertz CT molecular complexity index is 538.